The van der Waals surface area contributed by atoms with Crippen LogP contribution in [0.2, 0.25) is 0 Å². The zero-order valence-corrected chi connectivity index (χ0v) is 13.4. The lowest BCUT2D eigenvalue weighted by molar-refractivity contribution is -0.137. The highest BCUT2D eigenvalue weighted by Gasteiger charge is 2.48. The van der Waals surface area contributed by atoms with E-state index in [1.165, 1.54) is 18.2 Å². The van der Waals surface area contributed by atoms with Gasteiger partial charge >= 0.3 is 6.18 Å². The van der Waals surface area contributed by atoms with Gasteiger partial charge in [-0.2, -0.15) is 13.2 Å². The third-order valence-electron chi connectivity index (χ3n) is 3.84. The molecule has 0 radical (unpaired) electrons. The van der Waals surface area contributed by atoms with Gasteiger partial charge in [0.25, 0.3) is 0 Å². The first-order valence-corrected chi connectivity index (χ1v) is 7.54. The van der Waals surface area contributed by atoms with Crippen LogP contribution in [-0.2, 0) is 11.0 Å². The van der Waals surface area contributed by atoms with Gasteiger partial charge in [0.2, 0.25) is 5.91 Å². The number of nitrogens with one attached hydrogen (secondary N) is 2. The molecular weight excluding hydrogens is 305 g/mol. The summed E-state index contributed by atoms with van der Waals surface area (Å²) in [6.07, 6.45) is -1.74. The number of hydrogen-bond donors (Lipinski definition) is 2. The van der Waals surface area contributed by atoms with E-state index in [1.807, 2.05) is 7.05 Å². The van der Waals surface area contributed by atoms with Gasteiger partial charge in [0, 0.05) is 6.04 Å². The number of carbonyl (C=O) groups excluding carboxylic acids is 1. The number of benzene rings is 1. The molecule has 3 atom stereocenters. The Balaban J connectivity index is 0.000000238. The van der Waals surface area contributed by atoms with E-state index in [0.717, 1.165) is 25.1 Å². The molecular formula is C17H23F3N2O. The van der Waals surface area contributed by atoms with Crippen LogP contribution in [0.5, 0.6) is 0 Å². The Morgan fingerprint density at radius 2 is 1.87 bits per heavy atom. The fraction of sp³-hybridized carbons (Fsp3) is 0.471. The first-order chi connectivity index (χ1) is 10.8. The van der Waals surface area contributed by atoms with Crippen molar-refractivity contribution in [2.45, 2.75) is 25.6 Å². The molecule has 1 fully saturated rings. The van der Waals surface area contributed by atoms with E-state index in [2.05, 4.69) is 24.1 Å². The molecule has 128 valence electrons. The quantitative estimate of drug-likeness (QED) is 0.815. The topological polar surface area (TPSA) is 41.1 Å². The Morgan fingerprint density at radius 3 is 2.26 bits per heavy atom. The van der Waals surface area contributed by atoms with Crippen molar-refractivity contribution in [2.24, 2.45) is 11.8 Å². The molecule has 1 aliphatic rings. The Hall–Kier alpha value is -1.82. The van der Waals surface area contributed by atoms with E-state index in [0.29, 0.717) is 17.9 Å². The number of amides is 1. The lowest BCUT2D eigenvalue weighted by Crippen LogP contribution is -2.27. The van der Waals surface area contributed by atoms with Crippen LogP contribution in [0.1, 0.15) is 18.9 Å². The second-order valence-electron chi connectivity index (χ2n) is 5.40. The zero-order chi connectivity index (χ0) is 17.5. The number of rotatable bonds is 5. The van der Waals surface area contributed by atoms with E-state index in [9.17, 15) is 18.0 Å². The van der Waals surface area contributed by atoms with Crippen LogP contribution >= 0.6 is 0 Å². The summed E-state index contributed by atoms with van der Waals surface area (Å²) in [5.74, 6) is 1.21. The second-order valence-corrected chi connectivity index (χ2v) is 5.40. The molecule has 0 heterocycles. The molecule has 3 nitrogen and oxygen atoms in total. The Bertz CT molecular complexity index is 502. The summed E-state index contributed by atoms with van der Waals surface area (Å²) in [7, 11) is 1.94. The highest BCUT2D eigenvalue weighted by atomic mass is 19.4. The van der Waals surface area contributed by atoms with Gasteiger partial charge in [-0.15, -0.1) is 0 Å². The van der Waals surface area contributed by atoms with Crippen LogP contribution in [0.25, 0.3) is 0 Å². The second kappa shape index (κ2) is 8.72. The van der Waals surface area contributed by atoms with Crippen molar-refractivity contribution in [1.29, 1.82) is 0 Å². The zero-order valence-electron chi connectivity index (χ0n) is 13.4. The lowest BCUT2D eigenvalue weighted by atomic mass is 10.2. The van der Waals surface area contributed by atoms with Crippen LogP contribution in [0.3, 0.4) is 0 Å². The summed E-state index contributed by atoms with van der Waals surface area (Å²) in [4.78, 5) is 11.0. The summed E-state index contributed by atoms with van der Waals surface area (Å²) in [6.45, 7) is 6.58. The normalized spacial score (nSPS) is 22.6. The Labute approximate surface area is 135 Å². The number of hydrogen-bond acceptors (Lipinski definition) is 2. The molecule has 0 aromatic heterocycles. The van der Waals surface area contributed by atoms with E-state index in [-0.39, 0.29) is 5.91 Å². The molecule has 1 aliphatic carbocycles. The molecule has 1 aromatic carbocycles. The van der Waals surface area contributed by atoms with Crippen molar-refractivity contribution >= 4 is 5.91 Å². The van der Waals surface area contributed by atoms with Gasteiger partial charge in [-0.25, -0.2) is 0 Å². The predicted octanol–water partition coefficient (Wildman–Crippen LogP) is 3.24. The van der Waals surface area contributed by atoms with Gasteiger partial charge in [0.15, 0.2) is 0 Å². The molecule has 1 aromatic rings. The highest BCUT2D eigenvalue weighted by Crippen LogP contribution is 2.40. The molecule has 23 heavy (non-hydrogen) atoms. The van der Waals surface area contributed by atoms with Gasteiger partial charge < -0.3 is 10.6 Å². The maximum Gasteiger partial charge on any atom is 0.416 e. The molecule has 0 spiro atoms. The van der Waals surface area contributed by atoms with E-state index in [4.69, 9.17) is 0 Å². The summed E-state index contributed by atoms with van der Waals surface area (Å²) in [5.41, 5.74) is -0.602. The Kier molecular flexibility index (Phi) is 7.29. The molecule has 0 saturated heterocycles. The van der Waals surface area contributed by atoms with Gasteiger partial charge in [0.1, 0.15) is 0 Å². The predicted molar refractivity (Wildman–Crippen MR) is 84.8 cm³/mol. The molecule has 1 saturated carbocycles. The number of halogens is 3. The van der Waals surface area contributed by atoms with Crippen LogP contribution in [-0.4, -0.2) is 25.5 Å². The average Bonchev–Trinajstić information content (AvgIpc) is 3.19. The summed E-state index contributed by atoms with van der Waals surface area (Å²) >= 11 is 0. The summed E-state index contributed by atoms with van der Waals surface area (Å²) < 4.78 is 35.4. The van der Waals surface area contributed by atoms with Gasteiger partial charge in [-0.1, -0.05) is 50.3 Å². The van der Waals surface area contributed by atoms with Crippen LogP contribution in [0, 0.1) is 11.8 Å². The molecule has 0 aliphatic heterocycles. The van der Waals surface area contributed by atoms with Gasteiger partial charge in [-0.3, -0.25) is 4.79 Å². The van der Waals surface area contributed by atoms with Crippen LogP contribution in [0.15, 0.2) is 43.0 Å². The van der Waals surface area contributed by atoms with Crippen molar-refractivity contribution < 1.29 is 18.0 Å². The van der Waals surface area contributed by atoms with E-state index < -0.39 is 11.7 Å². The van der Waals surface area contributed by atoms with Gasteiger partial charge in [0.05, 0.1) is 5.56 Å². The lowest BCUT2D eigenvalue weighted by Gasteiger charge is -2.03. The first-order valence-electron chi connectivity index (χ1n) is 7.54. The first kappa shape index (κ1) is 19.2. The maximum atomic E-state index is 11.8. The number of alkyl halides is 3. The van der Waals surface area contributed by atoms with E-state index >= 15 is 0 Å². The molecule has 0 bridgehead atoms. The van der Waals surface area contributed by atoms with Crippen LogP contribution in [0.4, 0.5) is 13.2 Å². The SMILES string of the molecule is C=CC(=O)NC1C(CC)C1CNC.FC(F)(F)c1ccccc1. The van der Waals surface area contributed by atoms with Crippen LogP contribution < -0.4 is 10.6 Å². The minimum absolute atomic E-state index is 0.0537. The largest absolute Gasteiger partial charge is 0.416 e. The van der Waals surface area contributed by atoms with Crippen molar-refractivity contribution in [3.05, 3.63) is 48.6 Å². The minimum Gasteiger partial charge on any atom is -0.349 e. The van der Waals surface area contributed by atoms with Gasteiger partial charge in [-0.05, 0) is 31.5 Å². The van der Waals surface area contributed by atoms with Crippen molar-refractivity contribution in [3.8, 4) is 0 Å². The van der Waals surface area contributed by atoms with E-state index in [1.54, 1.807) is 6.07 Å². The minimum atomic E-state index is -4.21. The fourth-order valence-electron chi connectivity index (χ4n) is 2.58. The standard InChI is InChI=1S/C10H18N2O.C7H5F3/c1-4-7-8(6-11-3)10(7)12-9(13)5-2;8-7(9,10)6-4-2-1-3-5-6/h5,7-8,10-11H,2,4,6H2,1,3H3,(H,12,13);1-5H. The molecule has 6 heteroatoms. The maximum absolute atomic E-state index is 11.8. The number of carbonyl (C=O) groups is 1. The molecule has 1 amide bonds. The Morgan fingerprint density at radius 1 is 1.26 bits per heavy atom. The molecule has 3 unspecified atom stereocenters. The molecule has 2 N–H and O–H groups in total. The third kappa shape index (κ3) is 6.06. The third-order valence-corrected chi connectivity index (χ3v) is 3.84. The summed E-state index contributed by atoms with van der Waals surface area (Å²) in [5, 5.41) is 6.08. The van der Waals surface area contributed by atoms with Crippen molar-refractivity contribution in [1.82, 2.24) is 10.6 Å². The monoisotopic (exact) mass is 328 g/mol. The molecule has 2 rings (SSSR count). The highest BCUT2D eigenvalue weighted by molar-refractivity contribution is 5.87. The van der Waals surface area contributed by atoms with Crippen molar-refractivity contribution in [2.75, 3.05) is 13.6 Å². The average molecular weight is 328 g/mol. The summed E-state index contributed by atoms with van der Waals surface area (Å²) in [6, 6.07) is 6.73. The smallest absolute Gasteiger partial charge is 0.349 e. The van der Waals surface area contributed by atoms with Crippen molar-refractivity contribution in [3.63, 3.8) is 0 Å². The fourth-order valence-corrected chi connectivity index (χ4v) is 2.58.